The molecule has 1 N–H and O–H groups in total. The number of amides is 1. The lowest BCUT2D eigenvalue weighted by atomic mass is 10.0. The standard InChI is InChI=1S/C14H9NO/c1-5-11-8-12(6-2)14(15-10(4)16)13(7-3)9-11/h1-3,8-9H,4H3,(H,15,16). The zero-order chi connectivity index (χ0) is 12.1. The predicted molar refractivity (Wildman–Crippen MR) is 64.6 cm³/mol. The summed E-state index contributed by atoms with van der Waals surface area (Å²) >= 11 is 0. The SMILES string of the molecule is C#Cc1cc(C#C)c(NC(C)=O)c(C#C)c1. The molecule has 0 atom stereocenters. The van der Waals surface area contributed by atoms with Crippen LogP contribution in [0.15, 0.2) is 12.1 Å². The van der Waals surface area contributed by atoms with Crippen LogP contribution in [-0.4, -0.2) is 5.91 Å². The van der Waals surface area contributed by atoms with Gasteiger partial charge in [0.2, 0.25) is 5.91 Å². The highest BCUT2D eigenvalue weighted by Gasteiger charge is 2.08. The van der Waals surface area contributed by atoms with E-state index in [1.165, 1.54) is 6.92 Å². The Morgan fingerprint density at radius 2 is 1.62 bits per heavy atom. The van der Waals surface area contributed by atoms with Crippen LogP contribution in [0.2, 0.25) is 0 Å². The van der Waals surface area contributed by atoms with Crippen LogP contribution < -0.4 is 5.32 Å². The van der Waals surface area contributed by atoms with Crippen molar-refractivity contribution in [3.8, 4) is 37.0 Å². The Labute approximate surface area is 95.1 Å². The minimum absolute atomic E-state index is 0.235. The number of benzene rings is 1. The predicted octanol–water partition coefficient (Wildman–Crippen LogP) is 1.59. The van der Waals surface area contributed by atoms with Crippen LogP contribution in [0, 0.1) is 37.0 Å². The molecule has 1 amide bonds. The van der Waals surface area contributed by atoms with Gasteiger partial charge < -0.3 is 5.32 Å². The summed E-state index contributed by atoms with van der Waals surface area (Å²) in [6.07, 6.45) is 15.9. The molecule has 0 aliphatic rings. The van der Waals surface area contributed by atoms with Crippen molar-refractivity contribution in [1.82, 2.24) is 0 Å². The fraction of sp³-hybridized carbons (Fsp3) is 0.0714. The Morgan fingerprint density at radius 3 is 1.94 bits per heavy atom. The van der Waals surface area contributed by atoms with Crippen molar-refractivity contribution in [2.75, 3.05) is 5.32 Å². The van der Waals surface area contributed by atoms with Crippen LogP contribution >= 0.6 is 0 Å². The maximum absolute atomic E-state index is 11.0. The molecule has 2 nitrogen and oxygen atoms in total. The Morgan fingerprint density at radius 1 is 1.12 bits per heavy atom. The molecule has 0 aromatic heterocycles. The Bertz CT molecular complexity index is 527. The minimum Gasteiger partial charge on any atom is -0.324 e. The first kappa shape index (κ1) is 11.4. The van der Waals surface area contributed by atoms with Crippen molar-refractivity contribution in [2.24, 2.45) is 0 Å². The van der Waals surface area contributed by atoms with E-state index in [1.54, 1.807) is 12.1 Å². The largest absolute Gasteiger partial charge is 0.324 e. The van der Waals surface area contributed by atoms with Crippen LogP contribution in [0.3, 0.4) is 0 Å². The first-order valence-corrected chi connectivity index (χ1v) is 4.47. The average Bonchev–Trinajstić information content (AvgIpc) is 2.28. The van der Waals surface area contributed by atoms with Crippen LogP contribution in [0.4, 0.5) is 5.69 Å². The molecule has 16 heavy (non-hydrogen) atoms. The van der Waals surface area contributed by atoms with E-state index < -0.39 is 0 Å². The number of hydrogen-bond acceptors (Lipinski definition) is 1. The van der Waals surface area contributed by atoms with Crippen molar-refractivity contribution >= 4 is 11.6 Å². The number of carbonyl (C=O) groups is 1. The first-order valence-electron chi connectivity index (χ1n) is 4.47. The molecular weight excluding hydrogens is 198 g/mol. The summed E-state index contributed by atoms with van der Waals surface area (Å²) in [5.74, 6) is 7.11. The summed E-state index contributed by atoms with van der Waals surface area (Å²) in [4.78, 5) is 11.0. The van der Waals surface area contributed by atoms with E-state index in [0.717, 1.165) is 0 Å². The number of nitrogens with one attached hydrogen (secondary N) is 1. The van der Waals surface area contributed by atoms with E-state index in [4.69, 9.17) is 19.3 Å². The van der Waals surface area contributed by atoms with Crippen molar-refractivity contribution in [1.29, 1.82) is 0 Å². The molecule has 0 saturated carbocycles. The Hall–Kier alpha value is -2.63. The smallest absolute Gasteiger partial charge is 0.221 e. The van der Waals surface area contributed by atoms with Gasteiger partial charge in [-0.05, 0) is 12.1 Å². The van der Waals surface area contributed by atoms with Crippen molar-refractivity contribution < 1.29 is 4.79 Å². The van der Waals surface area contributed by atoms with E-state index in [-0.39, 0.29) is 5.91 Å². The summed E-state index contributed by atoms with van der Waals surface area (Å²) in [6.45, 7) is 1.38. The molecule has 2 heteroatoms. The molecule has 0 heterocycles. The average molecular weight is 207 g/mol. The Kier molecular flexibility index (Phi) is 3.39. The molecule has 0 aliphatic carbocycles. The number of terminal acetylenes is 3. The lowest BCUT2D eigenvalue weighted by Crippen LogP contribution is -2.09. The molecule has 0 unspecified atom stereocenters. The molecule has 0 saturated heterocycles. The third kappa shape index (κ3) is 2.24. The molecule has 0 fully saturated rings. The lowest BCUT2D eigenvalue weighted by Gasteiger charge is -2.09. The van der Waals surface area contributed by atoms with Gasteiger partial charge in [0.1, 0.15) is 0 Å². The topological polar surface area (TPSA) is 29.1 Å². The molecule has 1 aromatic carbocycles. The van der Waals surface area contributed by atoms with Gasteiger partial charge in [0.05, 0.1) is 16.8 Å². The fourth-order valence-corrected chi connectivity index (χ4v) is 1.26. The highest BCUT2D eigenvalue weighted by atomic mass is 16.1. The van der Waals surface area contributed by atoms with Crippen LogP contribution in [-0.2, 0) is 4.79 Å². The quantitative estimate of drug-likeness (QED) is 0.696. The molecular formula is C14H9NO. The first-order chi connectivity index (χ1) is 7.62. The number of carbonyl (C=O) groups excluding carboxylic acids is 1. The van der Waals surface area contributed by atoms with Crippen LogP contribution in [0.5, 0.6) is 0 Å². The van der Waals surface area contributed by atoms with Crippen molar-refractivity contribution in [3.63, 3.8) is 0 Å². The van der Waals surface area contributed by atoms with Gasteiger partial charge in [-0.1, -0.05) is 17.8 Å². The second-order valence-electron chi connectivity index (χ2n) is 3.06. The van der Waals surface area contributed by atoms with E-state index in [2.05, 4.69) is 23.1 Å². The molecule has 0 spiro atoms. The number of anilines is 1. The zero-order valence-corrected chi connectivity index (χ0v) is 8.79. The molecule has 1 aromatic rings. The molecule has 76 valence electrons. The highest BCUT2D eigenvalue weighted by molar-refractivity contribution is 5.92. The lowest BCUT2D eigenvalue weighted by molar-refractivity contribution is -0.114. The second-order valence-corrected chi connectivity index (χ2v) is 3.06. The maximum atomic E-state index is 11.0. The molecule has 0 aliphatic heterocycles. The van der Waals surface area contributed by atoms with Gasteiger partial charge in [-0.3, -0.25) is 4.79 Å². The van der Waals surface area contributed by atoms with Crippen LogP contribution in [0.25, 0.3) is 0 Å². The van der Waals surface area contributed by atoms with Gasteiger partial charge in [0.15, 0.2) is 0 Å². The van der Waals surface area contributed by atoms with E-state index in [1.807, 2.05) is 0 Å². The van der Waals surface area contributed by atoms with Gasteiger partial charge >= 0.3 is 0 Å². The summed E-state index contributed by atoms with van der Waals surface area (Å²) < 4.78 is 0. The van der Waals surface area contributed by atoms with Gasteiger partial charge in [-0.2, -0.15) is 0 Å². The third-order valence-electron chi connectivity index (χ3n) is 1.92. The van der Waals surface area contributed by atoms with E-state index in [0.29, 0.717) is 22.4 Å². The van der Waals surface area contributed by atoms with Crippen LogP contribution in [0.1, 0.15) is 23.6 Å². The van der Waals surface area contributed by atoms with Crippen molar-refractivity contribution in [3.05, 3.63) is 28.8 Å². The maximum Gasteiger partial charge on any atom is 0.221 e. The van der Waals surface area contributed by atoms with Gasteiger partial charge in [0.25, 0.3) is 0 Å². The summed E-state index contributed by atoms with van der Waals surface area (Å²) in [6, 6.07) is 3.26. The van der Waals surface area contributed by atoms with E-state index in [9.17, 15) is 4.79 Å². The number of hydrogen-bond donors (Lipinski definition) is 1. The minimum atomic E-state index is -0.235. The Balaban J connectivity index is 3.48. The van der Waals surface area contributed by atoms with Gasteiger partial charge in [0, 0.05) is 12.5 Å². The summed E-state index contributed by atoms with van der Waals surface area (Å²) in [5.41, 5.74) is 2.02. The monoisotopic (exact) mass is 207 g/mol. The third-order valence-corrected chi connectivity index (χ3v) is 1.92. The fourth-order valence-electron chi connectivity index (χ4n) is 1.26. The summed E-state index contributed by atoms with van der Waals surface area (Å²) in [5, 5.41) is 2.60. The second kappa shape index (κ2) is 4.74. The van der Waals surface area contributed by atoms with Crippen molar-refractivity contribution in [2.45, 2.75) is 6.92 Å². The summed E-state index contributed by atoms with van der Waals surface area (Å²) in [7, 11) is 0. The normalized spacial score (nSPS) is 8.38. The zero-order valence-electron chi connectivity index (χ0n) is 8.79. The molecule has 1 rings (SSSR count). The molecule has 0 bridgehead atoms. The van der Waals surface area contributed by atoms with Gasteiger partial charge in [-0.15, -0.1) is 19.3 Å². The van der Waals surface area contributed by atoms with Gasteiger partial charge in [-0.25, -0.2) is 0 Å². The highest BCUT2D eigenvalue weighted by Crippen LogP contribution is 2.22. The number of rotatable bonds is 1. The molecule has 0 radical (unpaired) electrons. The van der Waals surface area contributed by atoms with E-state index >= 15 is 0 Å².